The lowest BCUT2D eigenvalue weighted by Crippen LogP contribution is -2.26. The molecule has 0 radical (unpaired) electrons. The van der Waals surface area contributed by atoms with Crippen LogP contribution in [0.5, 0.6) is 0 Å². The van der Waals surface area contributed by atoms with Crippen molar-refractivity contribution >= 4 is 9.84 Å². The number of hydrogen-bond donors (Lipinski definition) is 1. The zero-order valence-corrected chi connectivity index (χ0v) is 10.8. The Hall–Kier alpha value is -1.02. The second-order valence-electron chi connectivity index (χ2n) is 4.36. The molecule has 1 aromatic heterocycles. The lowest BCUT2D eigenvalue weighted by atomic mass is 10.2. The minimum absolute atomic E-state index is 0.00843. The summed E-state index contributed by atoms with van der Waals surface area (Å²) in [6.45, 7) is 2.29. The van der Waals surface area contributed by atoms with Crippen LogP contribution in [0.2, 0.25) is 0 Å². The second-order valence-corrected chi connectivity index (χ2v) is 6.76. The summed E-state index contributed by atoms with van der Waals surface area (Å²) >= 11 is 0. The van der Waals surface area contributed by atoms with Gasteiger partial charge in [0.2, 0.25) is 0 Å². The van der Waals surface area contributed by atoms with Gasteiger partial charge >= 0.3 is 0 Å². The standard InChI is InChI=1S/C9H17N5O2S/c1-7(10-2)9-11-12-13-14(9)6-8-4-3-5-17(8,15)16/h7-8,10H,3-6H2,1-2H3. The molecule has 1 saturated heterocycles. The molecule has 0 aromatic carbocycles. The van der Waals surface area contributed by atoms with E-state index in [2.05, 4.69) is 20.8 Å². The summed E-state index contributed by atoms with van der Waals surface area (Å²) in [5, 5.41) is 14.1. The molecular formula is C9H17N5O2S. The average molecular weight is 259 g/mol. The SMILES string of the molecule is CNC(C)c1nnnn1CC1CCCS1(=O)=O. The van der Waals surface area contributed by atoms with E-state index < -0.39 is 9.84 Å². The Bertz CT molecular complexity index is 483. The van der Waals surface area contributed by atoms with Crippen molar-refractivity contribution < 1.29 is 8.42 Å². The van der Waals surface area contributed by atoms with E-state index >= 15 is 0 Å². The molecule has 1 aliphatic rings. The molecule has 0 saturated carbocycles. The van der Waals surface area contributed by atoms with Gasteiger partial charge in [0.1, 0.15) is 0 Å². The van der Waals surface area contributed by atoms with Gasteiger partial charge in [-0.25, -0.2) is 13.1 Å². The van der Waals surface area contributed by atoms with E-state index in [0.29, 0.717) is 18.8 Å². The summed E-state index contributed by atoms with van der Waals surface area (Å²) in [6.07, 6.45) is 1.45. The van der Waals surface area contributed by atoms with E-state index in [1.807, 2.05) is 14.0 Å². The first-order valence-electron chi connectivity index (χ1n) is 5.69. The van der Waals surface area contributed by atoms with Gasteiger partial charge in [-0.2, -0.15) is 0 Å². The molecule has 0 aliphatic carbocycles. The van der Waals surface area contributed by atoms with E-state index in [9.17, 15) is 8.42 Å². The van der Waals surface area contributed by atoms with Crippen LogP contribution >= 0.6 is 0 Å². The minimum atomic E-state index is -2.95. The highest BCUT2D eigenvalue weighted by Crippen LogP contribution is 2.22. The summed E-state index contributed by atoms with van der Waals surface area (Å²) in [5.74, 6) is 0.964. The van der Waals surface area contributed by atoms with Crippen LogP contribution in [-0.4, -0.2) is 46.7 Å². The predicted molar refractivity (Wildman–Crippen MR) is 62.1 cm³/mol. The topological polar surface area (TPSA) is 89.8 Å². The summed E-state index contributed by atoms with van der Waals surface area (Å²) in [7, 11) is -1.13. The molecule has 96 valence electrons. The van der Waals surface area contributed by atoms with E-state index in [0.717, 1.165) is 6.42 Å². The van der Waals surface area contributed by atoms with Crippen molar-refractivity contribution in [3.63, 3.8) is 0 Å². The third kappa shape index (κ3) is 2.47. The first kappa shape index (κ1) is 12.4. The molecule has 1 fully saturated rings. The number of tetrazole rings is 1. The maximum atomic E-state index is 11.7. The molecule has 2 atom stereocenters. The predicted octanol–water partition coefficient (Wildman–Crippen LogP) is -0.469. The van der Waals surface area contributed by atoms with E-state index in [1.165, 1.54) is 0 Å². The van der Waals surface area contributed by atoms with Crippen LogP contribution in [0.4, 0.5) is 0 Å². The highest BCUT2D eigenvalue weighted by atomic mass is 32.2. The van der Waals surface area contributed by atoms with Gasteiger partial charge in [0.25, 0.3) is 0 Å². The highest BCUT2D eigenvalue weighted by molar-refractivity contribution is 7.92. The van der Waals surface area contributed by atoms with Gasteiger partial charge in [0.15, 0.2) is 15.7 Å². The Labute approximate surface area is 101 Å². The molecule has 8 heteroatoms. The van der Waals surface area contributed by atoms with Gasteiger partial charge in [0.05, 0.1) is 23.6 Å². The van der Waals surface area contributed by atoms with Gasteiger partial charge in [-0.3, -0.25) is 0 Å². The van der Waals surface area contributed by atoms with Crippen LogP contribution in [0, 0.1) is 0 Å². The molecule has 1 aliphatic heterocycles. The fourth-order valence-corrected chi connectivity index (χ4v) is 3.83. The summed E-state index contributed by atoms with van der Waals surface area (Å²) in [5.41, 5.74) is 0. The third-order valence-corrected chi connectivity index (χ3v) is 5.48. The lowest BCUT2D eigenvalue weighted by Gasteiger charge is -2.13. The van der Waals surface area contributed by atoms with Crippen LogP contribution in [-0.2, 0) is 16.4 Å². The van der Waals surface area contributed by atoms with Crippen molar-refractivity contribution in [2.45, 2.75) is 37.6 Å². The number of sulfone groups is 1. The fourth-order valence-electron chi connectivity index (χ4n) is 2.04. The molecule has 1 N–H and O–H groups in total. The molecule has 2 unspecified atom stereocenters. The number of hydrogen-bond acceptors (Lipinski definition) is 6. The van der Waals surface area contributed by atoms with E-state index in [-0.39, 0.29) is 17.0 Å². The highest BCUT2D eigenvalue weighted by Gasteiger charge is 2.32. The molecule has 2 heterocycles. The van der Waals surface area contributed by atoms with Crippen LogP contribution in [0.1, 0.15) is 31.6 Å². The van der Waals surface area contributed by atoms with Crippen molar-refractivity contribution in [2.24, 2.45) is 0 Å². The van der Waals surface area contributed by atoms with Gasteiger partial charge in [-0.1, -0.05) is 0 Å². The number of nitrogens with one attached hydrogen (secondary N) is 1. The molecule has 0 bridgehead atoms. The zero-order valence-electron chi connectivity index (χ0n) is 10.00. The van der Waals surface area contributed by atoms with Crippen LogP contribution < -0.4 is 5.32 Å². The average Bonchev–Trinajstić information content (AvgIpc) is 2.86. The third-order valence-electron chi connectivity index (χ3n) is 3.22. The first-order chi connectivity index (χ1) is 8.04. The molecule has 17 heavy (non-hydrogen) atoms. The Morgan fingerprint density at radius 2 is 2.35 bits per heavy atom. The maximum Gasteiger partial charge on any atom is 0.167 e. The Morgan fingerprint density at radius 3 is 2.94 bits per heavy atom. The van der Waals surface area contributed by atoms with Crippen LogP contribution in [0.3, 0.4) is 0 Å². The Balaban J connectivity index is 2.17. The van der Waals surface area contributed by atoms with Gasteiger partial charge in [0, 0.05) is 0 Å². The largest absolute Gasteiger partial charge is 0.311 e. The molecule has 1 aromatic rings. The van der Waals surface area contributed by atoms with Gasteiger partial charge in [-0.05, 0) is 37.2 Å². The molecule has 0 amide bonds. The van der Waals surface area contributed by atoms with Gasteiger partial charge in [-0.15, -0.1) is 5.10 Å². The van der Waals surface area contributed by atoms with Crippen LogP contribution in [0.25, 0.3) is 0 Å². The molecular weight excluding hydrogens is 242 g/mol. The van der Waals surface area contributed by atoms with Crippen molar-refractivity contribution in [3.05, 3.63) is 5.82 Å². The summed E-state index contributed by atoms with van der Waals surface area (Å²) < 4.78 is 25.1. The van der Waals surface area contributed by atoms with E-state index in [4.69, 9.17) is 0 Å². The van der Waals surface area contributed by atoms with Crippen molar-refractivity contribution in [2.75, 3.05) is 12.8 Å². The quantitative estimate of drug-likeness (QED) is 0.786. The smallest absolute Gasteiger partial charge is 0.167 e. The van der Waals surface area contributed by atoms with Crippen molar-refractivity contribution in [1.29, 1.82) is 0 Å². The number of rotatable bonds is 4. The monoisotopic (exact) mass is 259 g/mol. The van der Waals surface area contributed by atoms with Gasteiger partial charge < -0.3 is 5.32 Å². The second kappa shape index (κ2) is 4.69. The van der Waals surface area contributed by atoms with Crippen molar-refractivity contribution in [3.8, 4) is 0 Å². The summed E-state index contributed by atoms with van der Waals surface area (Å²) in [6, 6.07) is 0.00843. The van der Waals surface area contributed by atoms with E-state index in [1.54, 1.807) is 4.68 Å². The Kier molecular flexibility index (Phi) is 3.43. The Morgan fingerprint density at radius 1 is 1.59 bits per heavy atom. The first-order valence-corrected chi connectivity index (χ1v) is 7.41. The maximum absolute atomic E-state index is 11.7. The molecule has 2 rings (SSSR count). The zero-order chi connectivity index (χ0) is 12.5. The molecule has 7 nitrogen and oxygen atoms in total. The minimum Gasteiger partial charge on any atom is -0.311 e. The lowest BCUT2D eigenvalue weighted by molar-refractivity contribution is 0.487. The van der Waals surface area contributed by atoms with Crippen LogP contribution in [0.15, 0.2) is 0 Å². The normalized spacial score (nSPS) is 24.9. The fraction of sp³-hybridized carbons (Fsp3) is 0.889. The summed E-state index contributed by atoms with van der Waals surface area (Å²) in [4.78, 5) is 0. The number of nitrogens with zero attached hydrogens (tertiary/aromatic N) is 4. The number of aromatic nitrogens is 4. The molecule has 0 spiro atoms. The van der Waals surface area contributed by atoms with Crippen molar-refractivity contribution in [1.82, 2.24) is 25.5 Å².